The number of benzene rings is 1. The molecule has 0 saturated carbocycles. The number of hydrogen-bond acceptors (Lipinski definition) is 5. The van der Waals surface area contributed by atoms with Crippen molar-refractivity contribution in [3.05, 3.63) is 35.2 Å². The van der Waals surface area contributed by atoms with Gasteiger partial charge in [0.2, 0.25) is 17.7 Å². The number of rotatable bonds is 3. The first-order chi connectivity index (χ1) is 12.6. The molecule has 2 saturated heterocycles. The fraction of sp³-hybridized carbons (Fsp3) is 0.526. The number of likely N-dealkylation sites (tertiary alicyclic amines) is 2. The zero-order valence-corrected chi connectivity index (χ0v) is 15.7. The Hall–Kier alpha value is -1.92. The normalized spacial score (nSPS) is 22.1. The van der Waals surface area contributed by atoms with Crippen LogP contribution in [0.15, 0.2) is 28.7 Å². The van der Waals surface area contributed by atoms with Crippen LogP contribution in [0.25, 0.3) is 11.5 Å². The number of nitrogens with zero attached hydrogens (tertiary/aromatic N) is 4. The van der Waals surface area contributed by atoms with E-state index in [0.29, 0.717) is 17.0 Å². The minimum Gasteiger partial charge on any atom is -0.420 e. The predicted molar refractivity (Wildman–Crippen MR) is 99.0 cm³/mol. The standard InChI is InChI=1S/C19H23ClN4O2/c1-13(25)23-10-7-17(8-11-23)24-9-6-15(12-24)19-22-21-18(26-19)14-2-4-16(20)5-3-14/h2-5,15,17H,6-12H2,1H3. The zero-order chi connectivity index (χ0) is 18.1. The predicted octanol–water partition coefficient (Wildman–Crippen LogP) is 3.19. The Bertz CT molecular complexity index is 768. The molecule has 1 aromatic carbocycles. The molecule has 6 nitrogen and oxygen atoms in total. The van der Waals surface area contributed by atoms with Crippen LogP contribution in [0.3, 0.4) is 0 Å². The fourth-order valence-corrected chi connectivity index (χ4v) is 4.10. The third kappa shape index (κ3) is 3.62. The first-order valence-corrected chi connectivity index (χ1v) is 9.57. The molecule has 1 atom stereocenters. The van der Waals surface area contributed by atoms with Crippen molar-refractivity contribution in [1.29, 1.82) is 0 Å². The summed E-state index contributed by atoms with van der Waals surface area (Å²) in [6, 6.07) is 7.98. The number of carbonyl (C=O) groups is 1. The summed E-state index contributed by atoms with van der Waals surface area (Å²) in [4.78, 5) is 15.9. The van der Waals surface area contributed by atoms with Crippen molar-refractivity contribution in [3.63, 3.8) is 0 Å². The molecule has 1 amide bonds. The summed E-state index contributed by atoms with van der Waals surface area (Å²) in [6.07, 6.45) is 3.13. The first-order valence-electron chi connectivity index (χ1n) is 9.19. The molecule has 0 radical (unpaired) electrons. The van der Waals surface area contributed by atoms with Crippen LogP contribution >= 0.6 is 11.6 Å². The Labute approximate surface area is 158 Å². The number of hydrogen-bond donors (Lipinski definition) is 0. The van der Waals surface area contributed by atoms with Gasteiger partial charge in [-0.05, 0) is 50.1 Å². The smallest absolute Gasteiger partial charge is 0.247 e. The van der Waals surface area contributed by atoms with Gasteiger partial charge < -0.3 is 9.32 Å². The minimum atomic E-state index is 0.184. The Morgan fingerprint density at radius 3 is 2.54 bits per heavy atom. The van der Waals surface area contributed by atoms with Crippen molar-refractivity contribution in [2.75, 3.05) is 26.2 Å². The topological polar surface area (TPSA) is 62.5 Å². The molecule has 26 heavy (non-hydrogen) atoms. The van der Waals surface area contributed by atoms with Crippen molar-refractivity contribution in [2.45, 2.75) is 38.1 Å². The lowest BCUT2D eigenvalue weighted by Gasteiger charge is -2.36. The Morgan fingerprint density at radius 1 is 1.12 bits per heavy atom. The van der Waals surface area contributed by atoms with E-state index in [2.05, 4.69) is 15.1 Å². The van der Waals surface area contributed by atoms with E-state index in [1.165, 1.54) is 0 Å². The molecule has 138 valence electrons. The van der Waals surface area contributed by atoms with E-state index in [0.717, 1.165) is 56.9 Å². The zero-order valence-electron chi connectivity index (χ0n) is 14.9. The highest BCUT2D eigenvalue weighted by atomic mass is 35.5. The van der Waals surface area contributed by atoms with Crippen molar-refractivity contribution < 1.29 is 9.21 Å². The summed E-state index contributed by atoms with van der Waals surface area (Å²) in [5.41, 5.74) is 0.889. The van der Waals surface area contributed by atoms with Gasteiger partial charge in [-0.2, -0.15) is 0 Å². The second kappa shape index (κ2) is 7.37. The summed E-state index contributed by atoms with van der Waals surface area (Å²) in [5, 5.41) is 9.18. The lowest BCUT2D eigenvalue weighted by Crippen LogP contribution is -2.45. The Kier molecular flexibility index (Phi) is 4.96. The van der Waals surface area contributed by atoms with Gasteiger partial charge in [0.25, 0.3) is 0 Å². The van der Waals surface area contributed by atoms with Gasteiger partial charge in [0, 0.05) is 43.2 Å². The van der Waals surface area contributed by atoms with E-state index >= 15 is 0 Å². The third-order valence-electron chi connectivity index (χ3n) is 5.53. The highest BCUT2D eigenvalue weighted by molar-refractivity contribution is 6.30. The monoisotopic (exact) mass is 374 g/mol. The molecule has 1 unspecified atom stereocenters. The molecule has 2 aliphatic heterocycles. The van der Waals surface area contributed by atoms with Crippen LogP contribution in [0.2, 0.25) is 5.02 Å². The summed E-state index contributed by atoms with van der Waals surface area (Å²) < 4.78 is 5.93. The number of carbonyl (C=O) groups excluding carboxylic acids is 1. The van der Waals surface area contributed by atoms with Crippen LogP contribution in [-0.4, -0.2) is 58.1 Å². The fourth-order valence-electron chi connectivity index (χ4n) is 3.98. The number of amides is 1. The van der Waals surface area contributed by atoms with Crippen molar-refractivity contribution in [3.8, 4) is 11.5 Å². The van der Waals surface area contributed by atoms with E-state index in [-0.39, 0.29) is 11.8 Å². The molecule has 7 heteroatoms. The van der Waals surface area contributed by atoms with Crippen LogP contribution in [0.1, 0.15) is 38.0 Å². The van der Waals surface area contributed by atoms with Crippen molar-refractivity contribution in [2.24, 2.45) is 0 Å². The van der Waals surface area contributed by atoms with Crippen molar-refractivity contribution >= 4 is 17.5 Å². The Morgan fingerprint density at radius 2 is 1.85 bits per heavy atom. The van der Waals surface area contributed by atoms with E-state index in [1.54, 1.807) is 6.92 Å². The van der Waals surface area contributed by atoms with Gasteiger partial charge in [-0.25, -0.2) is 0 Å². The van der Waals surface area contributed by atoms with Crippen LogP contribution in [0.5, 0.6) is 0 Å². The van der Waals surface area contributed by atoms with Crippen LogP contribution in [0.4, 0.5) is 0 Å². The molecule has 2 aromatic rings. The van der Waals surface area contributed by atoms with Crippen LogP contribution in [0, 0.1) is 0 Å². The van der Waals surface area contributed by atoms with E-state index in [4.69, 9.17) is 16.0 Å². The summed E-state index contributed by atoms with van der Waals surface area (Å²) in [5.74, 6) is 1.74. The van der Waals surface area contributed by atoms with Gasteiger partial charge in [-0.1, -0.05) is 11.6 Å². The van der Waals surface area contributed by atoms with Crippen molar-refractivity contribution in [1.82, 2.24) is 20.0 Å². The van der Waals surface area contributed by atoms with Gasteiger partial charge in [-0.3, -0.25) is 9.69 Å². The van der Waals surface area contributed by atoms with Gasteiger partial charge in [0.05, 0.1) is 5.92 Å². The molecule has 0 bridgehead atoms. The van der Waals surface area contributed by atoms with Gasteiger partial charge in [0.1, 0.15) is 0 Å². The minimum absolute atomic E-state index is 0.184. The maximum Gasteiger partial charge on any atom is 0.247 e. The first kappa shape index (κ1) is 17.5. The number of aromatic nitrogens is 2. The van der Waals surface area contributed by atoms with E-state index in [1.807, 2.05) is 29.2 Å². The second-order valence-corrected chi connectivity index (χ2v) is 7.61. The summed E-state index contributed by atoms with van der Waals surface area (Å²) in [7, 11) is 0. The molecule has 3 heterocycles. The average molecular weight is 375 g/mol. The third-order valence-corrected chi connectivity index (χ3v) is 5.78. The highest BCUT2D eigenvalue weighted by Gasteiger charge is 2.34. The molecule has 2 fully saturated rings. The summed E-state index contributed by atoms with van der Waals surface area (Å²) in [6.45, 7) is 5.38. The maximum atomic E-state index is 11.5. The van der Waals surface area contributed by atoms with Gasteiger partial charge >= 0.3 is 0 Å². The maximum absolute atomic E-state index is 11.5. The van der Waals surface area contributed by atoms with E-state index < -0.39 is 0 Å². The number of piperidine rings is 1. The number of halogens is 1. The van der Waals surface area contributed by atoms with Gasteiger partial charge in [-0.15, -0.1) is 10.2 Å². The van der Waals surface area contributed by atoms with E-state index in [9.17, 15) is 4.79 Å². The lowest BCUT2D eigenvalue weighted by atomic mass is 10.0. The van der Waals surface area contributed by atoms with Gasteiger partial charge in [0.15, 0.2) is 0 Å². The molecule has 0 aliphatic carbocycles. The molecule has 0 spiro atoms. The second-order valence-electron chi connectivity index (χ2n) is 7.17. The summed E-state index contributed by atoms with van der Waals surface area (Å²) >= 11 is 5.93. The molecular formula is C19H23ClN4O2. The Balaban J connectivity index is 1.37. The molecule has 1 aromatic heterocycles. The lowest BCUT2D eigenvalue weighted by molar-refractivity contribution is -0.130. The molecular weight excluding hydrogens is 352 g/mol. The highest BCUT2D eigenvalue weighted by Crippen LogP contribution is 2.32. The van der Waals surface area contributed by atoms with Crippen LogP contribution in [-0.2, 0) is 4.79 Å². The molecule has 0 N–H and O–H groups in total. The van der Waals surface area contributed by atoms with Crippen LogP contribution < -0.4 is 0 Å². The SMILES string of the molecule is CC(=O)N1CCC(N2CCC(c3nnc(-c4ccc(Cl)cc4)o3)C2)CC1. The molecule has 4 rings (SSSR count). The quantitative estimate of drug-likeness (QED) is 0.825. The largest absolute Gasteiger partial charge is 0.420 e. The average Bonchev–Trinajstić information content (AvgIpc) is 3.32. The molecule has 2 aliphatic rings.